The Morgan fingerprint density at radius 3 is 1.55 bits per heavy atom. The topological polar surface area (TPSA) is 46.2 Å². The molecule has 0 aliphatic heterocycles. The van der Waals surface area contributed by atoms with E-state index < -0.39 is 12.8 Å². The summed E-state index contributed by atoms with van der Waals surface area (Å²) in [6, 6.07) is 38.1. The molecule has 0 aliphatic carbocycles. The Morgan fingerprint density at radius 2 is 1.06 bits per heavy atom. The zero-order chi connectivity index (χ0) is 21.5. The lowest BCUT2D eigenvalue weighted by molar-refractivity contribution is 0.0953. The minimum absolute atomic E-state index is 0.172. The zero-order valence-electron chi connectivity index (χ0n) is 17.1. The molecule has 0 fully saturated rings. The average Bonchev–Trinajstić information content (AvgIpc) is 2.86. The largest absolute Gasteiger partial charge is 0.351 e. The highest BCUT2D eigenvalue weighted by Crippen LogP contribution is 2.56. The number of hydrogen-bond donors (Lipinski definition) is 1. The van der Waals surface area contributed by atoms with Crippen LogP contribution >= 0.6 is 7.14 Å². The van der Waals surface area contributed by atoms with Gasteiger partial charge in [0.1, 0.15) is 0 Å². The number of carbonyl (C=O) groups excluding carboxylic acids is 1. The van der Waals surface area contributed by atoms with Crippen LogP contribution in [0.15, 0.2) is 121 Å². The Balaban J connectivity index is 1.78. The highest BCUT2D eigenvalue weighted by atomic mass is 31.2. The van der Waals surface area contributed by atoms with Crippen molar-refractivity contribution in [1.29, 1.82) is 0 Å². The molecule has 3 nitrogen and oxygen atoms in total. The Labute approximate surface area is 183 Å². The van der Waals surface area contributed by atoms with Crippen LogP contribution in [0.25, 0.3) is 0 Å². The predicted molar refractivity (Wildman–Crippen MR) is 128 cm³/mol. The van der Waals surface area contributed by atoms with E-state index in [2.05, 4.69) is 5.32 Å². The van der Waals surface area contributed by atoms with E-state index in [1.54, 1.807) is 12.1 Å². The molecule has 0 bridgehead atoms. The van der Waals surface area contributed by atoms with Crippen LogP contribution in [0.5, 0.6) is 0 Å². The quantitative estimate of drug-likeness (QED) is 0.415. The van der Waals surface area contributed by atoms with E-state index in [0.29, 0.717) is 5.56 Å². The summed E-state index contributed by atoms with van der Waals surface area (Å²) in [5.41, 5.74) is 1.13. The van der Waals surface area contributed by atoms with Crippen molar-refractivity contribution in [2.24, 2.45) is 0 Å². The minimum Gasteiger partial charge on any atom is -0.351 e. The summed E-state index contributed by atoms with van der Waals surface area (Å²) in [7, 11) is -3.12. The number of hydrogen-bond acceptors (Lipinski definition) is 2. The molecule has 4 aromatic carbocycles. The van der Waals surface area contributed by atoms with Gasteiger partial charge in [0.05, 0.1) is 5.66 Å². The van der Waals surface area contributed by atoms with Crippen LogP contribution in [0.2, 0.25) is 0 Å². The molecule has 1 unspecified atom stereocenters. The van der Waals surface area contributed by atoms with Gasteiger partial charge in [0.15, 0.2) is 7.14 Å². The number of rotatable bonds is 7. The van der Waals surface area contributed by atoms with Gasteiger partial charge in [-0.2, -0.15) is 0 Å². The van der Waals surface area contributed by atoms with Crippen LogP contribution in [0.3, 0.4) is 0 Å². The van der Waals surface area contributed by atoms with Crippen molar-refractivity contribution < 1.29 is 9.36 Å². The summed E-state index contributed by atoms with van der Waals surface area (Å²) in [5, 5.41) is 4.59. The fourth-order valence-electron chi connectivity index (χ4n) is 3.82. The average molecular weight is 425 g/mol. The Hall–Kier alpha value is -3.42. The van der Waals surface area contributed by atoms with Gasteiger partial charge >= 0.3 is 0 Å². The third-order valence-electron chi connectivity index (χ3n) is 5.39. The number of nitrogens with one attached hydrogen (secondary N) is 1. The first-order valence-corrected chi connectivity index (χ1v) is 12.1. The SMILES string of the molecule is O=C(NCC(c1ccccc1)P(=O)(c1ccccc1)c1ccccc1)c1ccccc1. The smallest absolute Gasteiger partial charge is 0.251 e. The van der Waals surface area contributed by atoms with Crippen molar-refractivity contribution in [3.63, 3.8) is 0 Å². The highest BCUT2D eigenvalue weighted by molar-refractivity contribution is 7.79. The summed E-state index contributed by atoms with van der Waals surface area (Å²) in [5.74, 6) is -0.172. The van der Waals surface area contributed by atoms with Gasteiger partial charge in [0.2, 0.25) is 0 Å². The molecule has 4 heteroatoms. The van der Waals surface area contributed by atoms with Crippen molar-refractivity contribution in [2.45, 2.75) is 5.66 Å². The van der Waals surface area contributed by atoms with Crippen LogP contribution < -0.4 is 15.9 Å². The van der Waals surface area contributed by atoms with Gasteiger partial charge in [-0.15, -0.1) is 0 Å². The molecule has 1 amide bonds. The van der Waals surface area contributed by atoms with Crippen molar-refractivity contribution in [2.75, 3.05) is 6.54 Å². The normalized spacial score (nSPS) is 12.1. The molecule has 4 aromatic rings. The van der Waals surface area contributed by atoms with Crippen LogP contribution in [0, 0.1) is 0 Å². The first kappa shape index (κ1) is 20.8. The lowest BCUT2D eigenvalue weighted by Crippen LogP contribution is -2.32. The second-order valence-electron chi connectivity index (χ2n) is 7.33. The van der Waals surface area contributed by atoms with Gasteiger partial charge in [-0.1, -0.05) is 109 Å². The fraction of sp³-hybridized carbons (Fsp3) is 0.0741. The summed E-state index contributed by atoms with van der Waals surface area (Å²) >= 11 is 0. The highest BCUT2D eigenvalue weighted by Gasteiger charge is 2.37. The first-order chi connectivity index (χ1) is 15.2. The summed E-state index contributed by atoms with van der Waals surface area (Å²) < 4.78 is 14.9. The molecule has 1 N–H and O–H groups in total. The van der Waals surface area contributed by atoms with Gasteiger partial charge in [0.25, 0.3) is 5.91 Å². The van der Waals surface area contributed by atoms with Crippen molar-refractivity contribution >= 4 is 23.7 Å². The summed E-state index contributed by atoms with van der Waals surface area (Å²) in [4.78, 5) is 12.8. The fourth-order valence-corrected chi connectivity index (χ4v) is 7.01. The Bertz CT molecular complexity index is 1120. The number of amides is 1. The van der Waals surface area contributed by atoms with Gasteiger partial charge in [-0.25, -0.2) is 0 Å². The van der Waals surface area contributed by atoms with Crippen LogP contribution in [0.4, 0.5) is 0 Å². The molecule has 1 atom stereocenters. The van der Waals surface area contributed by atoms with E-state index in [4.69, 9.17) is 0 Å². The van der Waals surface area contributed by atoms with E-state index in [-0.39, 0.29) is 12.5 Å². The minimum atomic E-state index is -3.12. The second kappa shape index (κ2) is 9.59. The maximum Gasteiger partial charge on any atom is 0.251 e. The molecule has 0 saturated carbocycles. The second-order valence-corrected chi connectivity index (χ2v) is 10.3. The molecule has 0 radical (unpaired) electrons. The van der Waals surface area contributed by atoms with Gasteiger partial charge in [0, 0.05) is 22.7 Å². The van der Waals surface area contributed by atoms with E-state index in [9.17, 15) is 9.36 Å². The molecular weight excluding hydrogens is 401 g/mol. The first-order valence-electron chi connectivity index (χ1n) is 10.3. The van der Waals surface area contributed by atoms with Crippen LogP contribution in [-0.4, -0.2) is 12.5 Å². The Morgan fingerprint density at radius 1 is 0.645 bits per heavy atom. The predicted octanol–water partition coefficient (Wildman–Crippen LogP) is 5.17. The van der Waals surface area contributed by atoms with Crippen molar-refractivity contribution in [3.8, 4) is 0 Å². The van der Waals surface area contributed by atoms with E-state index in [1.807, 2.05) is 109 Å². The monoisotopic (exact) mass is 425 g/mol. The van der Waals surface area contributed by atoms with Crippen LogP contribution in [-0.2, 0) is 4.57 Å². The summed E-state index contributed by atoms with van der Waals surface area (Å²) in [6.07, 6.45) is 0. The molecule has 31 heavy (non-hydrogen) atoms. The lowest BCUT2D eigenvalue weighted by atomic mass is 10.1. The van der Waals surface area contributed by atoms with Crippen molar-refractivity contribution in [3.05, 3.63) is 132 Å². The maximum absolute atomic E-state index is 14.9. The Kier molecular flexibility index (Phi) is 6.45. The molecule has 4 rings (SSSR count). The van der Waals surface area contributed by atoms with E-state index in [1.165, 1.54) is 0 Å². The standard InChI is InChI=1S/C27H24NO2P/c29-27(23-15-7-2-8-16-23)28-21-26(22-13-5-1-6-14-22)31(30,24-17-9-3-10-18-24)25-19-11-4-12-20-25/h1-20,26H,21H2,(H,28,29). The molecule has 0 aliphatic rings. The molecule has 0 spiro atoms. The number of carbonyl (C=O) groups is 1. The van der Waals surface area contributed by atoms with Gasteiger partial charge in [-0.3, -0.25) is 4.79 Å². The maximum atomic E-state index is 14.9. The third-order valence-corrected chi connectivity index (χ3v) is 8.88. The lowest BCUT2D eigenvalue weighted by Gasteiger charge is -2.29. The van der Waals surface area contributed by atoms with E-state index >= 15 is 0 Å². The van der Waals surface area contributed by atoms with Crippen LogP contribution in [0.1, 0.15) is 21.6 Å². The van der Waals surface area contributed by atoms with Gasteiger partial charge < -0.3 is 9.88 Å². The zero-order valence-corrected chi connectivity index (χ0v) is 18.0. The third kappa shape index (κ3) is 4.52. The number of benzene rings is 4. The van der Waals surface area contributed by atoms with Crippen molar-refractivity contribution in [1.82, 2.24) is 5.32 Å². The molecule has 0 saturated heterocycles. The molecule has 154 valence electrons. The molecule has 0 aromatic heterocycles. The van der Waals surface area contributed by atoms with E-state index in [0.717, 1.165) is 16.2 Å². The molecular formula is C27H24NO2P. The van der Waals surface area contributed by atoms with Gasteiger partial charge in [-0.05, 0) is 17.7 Å². The molecule has 0 heterocycles. The summed E-state index contributed by atoms with van der Waals surface area (Å²) in [6.45, 7) is 0.263.